The van der Waals surface area contributed by atoms with Crippen LogP contribution in [0.3, 0.4) is 0 Å². The predicted molar refractivity (Wildman–Crippen MR) is 151 cm³/mol. The van der Waals surface area contributed by atoms with Gasteiger partial charge in [-0.3, -0.25) is 4.79 Å². The summed E-state index contributed by atoms with van der Waals surface area (Å²) >= 11 is 0. The summed E-state index contributed by atoms with van der Waals surface area (Å²) < 4.78 is 22.1. The number of hydrogen-bond donors (Lipinski definition) is 3. The number of amides is 1. The fourth-order valence-corrected chi connectivity index (χ4v) is 5.03. The van der Waals surface area contributed by atoms with Gasteiger partial charge in [0.05, 0.1) is 32.5 Å². The summed E-state index contributed by atoms with van der Waals surface area (Å²) in [4.78, 5) is 13.0. The van der Waals surface area contributed by atoms with E-state index >= 15 is 0 Å². The van der Waals surface area contributed by atoms with Gasteiger partial charge in [0.2, 0.25) is 5.91 Å². The molecule has 1 aromatic carbocycles. The summed E-state index contributed by atoms with van der Waals surface area (Å²) in [6.07, 6.45) is 3.76. The van der Waals surface area contributed by atoms with Crippen molar-refractivity contribution in [2.24, 2.45) is 29.4 Å². The van der Waals surface area contributed by atoms with E-state index in [-0.39, 0.29) is 29.7 Å². The average Bonchev–Trinajstić information content (AvgIpc) is 2.89. The van der Waals surface area contributed by atoms with Gasteiger partial charge in [-0.15, -0.1) is 0 Å². The molecular formula is C30H52N2O6. The summed E-state index contributed by atoms with van der Waals surface area (Å²) in [5.41, 5.74) is 7.69. The largest absolute Gasteiger partial charge is 0.493 e. The van der Waals surface area contributed by atoms with Crippen LogP contribution >= 0.6 is 0 Å². The molecule has 0 bridgehead atoms. The third-order valence-corrected chi connectivity index (χ3v) is 7.63. The first-order valence-corrected chi connectivity index (χ1v) is 14.3. The van der Waals surface area contributed by atoms with Crippen LogP contribution in [-0.4, -0.2) is 69.8 Å². The van der Waals surface area contributed by atoms with Crippen LogP contribution in [0, 0.1) is 23.7 Å². The van der Waals surface area contributed by atoms with Crippen molar-refractivity contribution in [1.82, 2.24) is 5.32 Å². The van der Waals surface area contributed by atoms with Crippen LogP contribution < -0.4 is 20.5 Å². The predicted octanol–water partition coefficient (Wildman–Crippen LogP) is 3.96. The summed E-state index contributed by atoms with van der Waals surface area (Å²) in [7, 11) is 3.32. The van der Waals surface area contributed by atoms with Crippen molar-refractivity contribution >= 4 is 5.91 Å². The molecule has 1 fully saturated rings. The maximum atomic E-state index is 13.0. The molecule has 0 saturated carbocycles. The molecule has 0 radical (unpaired) electrons. The molecule has 5 atom stereocenters. The summed E-state index contributed by atoms with van der Waals surface area (Å²) in [6.45, 7) is 10.9. The molecule has 0 unspecified atom stereocenters. The molecule has 1 saturated heterocycles. The average molecular weight is 537 g/mol. The van der Waals surface area contributed by atoms with Crippen LogP contribution in [0.5, 0.6) is 11.5 Å². The fourth-order valence-electron chi connectivity index (χ4n) is 5.03. The van der Waals surface area contributed by atoms with Gasteiger partial charge in [-0.1, -0.05) is 33.8 Å². The highest BCUT2D eigenvalue weighted by atomic mass is 16.5. The fraction of sp³-hybridized carbons (Fsp3) is 0.767. The van der Waals surface area contributed by atoms with Crippen LogP contribution in [0.15, 0.2) is 18.2 Å². The van der Waals surface area contributed by atoms with E-state index in [9.17, 15) is 9.90 Å². The number of benzene rings is 1. The highest BCUT2D eigenvalue weighted by Crippen LogP contribution is 2.32. The normalized spacial score (nSPS) is 19.2. The molecule has 1 aliphatic rings. The first kappa shape index (κ1) is 32.3. The summed E-state index contributed by atoms with van der Waals surface area (Å²) in [6, 6.07) is 5.67. The van der Waals surface area contributed by atoms with Gasteiger partial charge in [0.25, 0.3) is 0 Å². The number of carbonyl (C=O) groups is 1. The van der Waals surface area contributed by atoms with Crippen molar-refractivity contribution in [3.63, 3.8) is 0 Å². The number of aliphatic hydroxyl groups is 1. The number of rotatable bonds is 17. The molecule has 1 heterocycles. The van der Waals surface area contributed by atoms with E-state index in [0.29, 0.717) is 44.3 Å². The Kier molecular flexibility index (Phi) is 14.4. The van der Waals surface area contributed by atoms with E-state index in [0.717, 1.165) is 43.6 Å². The zero-order valence-electron chi connectivity index (χ0n) is 24.4. The van der Waals surface area contributed by atoms with Gasteiger partial charge >= 0.3 is 0 Å². The molecule has 8 heteroatoms. The summed E-state index contributed by atoms with van der Waals surface area (Å²) in [5.74, 6) is 1.86. The Hall–Kier alpha value is -1.87. The molecule has 0 aliphatic carbocycles. The second-order valence-electron chi connectivity index (χ2n) is 11.4. The van der Waals surface area contributed by atoms with Crippen molar-refractivity contribution in [3.05, 3.63) is 23.8 Å². The van der Waals surface area contributed by atoms with Crippen LogP contribution in [-0.2, 0) is 20.7 Å². The Labute approximate surface area is 229 Å². The molecule has 1 aliphatic heterocycles. The van der Waals surface area contributed by atoms with Gasteiger partial charge in [0.15, 0.2) is 11.5 Å². The maximum Gasteiger partial charge on any atom is 0.223 e. The second-order valence-corrected chi connectivity index (χ2v) is 11.4. The van der Waals surface area contributed by atoms with Crippen molar-refractivity contribution in [3.8, 4) is 11.5 Å². The quantitative estimate of drug-likeness (QED) is 0.258. The van der Waals surface area contributed by atoms with Gasteiger partial charge in [-0.05, 0) is 67.6 Å². The third-order valence-electron chi connectivity index (χ3n) is 7.63. The van der Waals surface area contributed by atoms with Crippen molar-refractivity contribution in [2.45, 2.75) is 84.4 Å². The van der Waals surface area contributed by atoms with Crippen molar-refractivity contribution in [1.29, 1.82) is 0 Å². The zero-order valence-corrected chi connectivity index (χ0v) is 24.4. The minimum absolute atomic E-state index is 0.0154. The molecule has 218 valence electrons. The van der Waals surface area contributed by atoms with Gasteiger partial charge in [-0.25, -0.2) is 0 Å². The Balaban J connectivity index is 2.00. The topological polar surface area (TPSA) is 112 Å². The number of aliphatic hydroxyl groups excluding tert-OH is 1. The zero-order chi connectivity index (χ0) is 28.1. The minimum atomic E-state index is -0.757. The maximum absolute atomic E-state index is 13.0. The molecular weight excluding hydrogens is 484 g/mol. The Bertz CT molecular complexity index is 812. The number of nitrogens with two attached hydrogens (primary N) is 1. The lowest BCUT2D eigenvalue weighted by Gasteiger charge is -2.31. The Morgan fingerprint density at radius 2 is 1.89 bits per heavy atom. The van der Waals surface area contributed by atoms with E-state index in [2.05, 4.69) is 25.2 Å². The smallest absolute Gasteiger partial charge is 0.223 e. The van der Waals surface area contributed by atoms with E-state index in [1.807, 2.05) is 26.0 Å². The minimum Gasteiger partial charge on any atom is -0.493 e. The molecule has 0 aromatic heterocycles. The van der Waals surface area contributed by atoms with E-state index in [1.165, 1.54) is 0 Å². The van der Waals surface area contributed by atoms with Gasteiger partial charge in [0, 0.05) is 38.7 Å². The number of hydrogen-bond acceptors (Lipinski definition) is 7. The molecule has 4 N–H and O–H groups in total. The lowest BCUT2D eigenvalue weighted by atomic mass is 9.80. The van der Waals surface area contributed by atoms with Crippen LogP contribution in [0.1, 0.15) is 65.4 Å². The lowest BCUT2D eigenvalue weighted by Crippen LogP contribution is -2.47. The van der Waals surface area contributed by atoms with Crippen LogP contribution in [0.2, 0.25) is 0 Å². The first-order valence-electron chi connectivity index (χ1n) is 14.3. The van der Waals surface area contributed by atoms with Crippen molar-refractivity contribution < 1.29 is 28.8 Å². The second kappa shape index (κ2) is 17.0. The molecule has 1 aromatic rings. The first-order chi connectivity index (χ1) is 18.2. The molecule has 1 amide bonds. The highest BCUT2D eigenvalue weighted by Gasteiger charge is 2.31. The SMILES string of the molecule is COCCCOc1cc(C[C@@H](C[C@H](N)[C@@H](O)C[C@H](C(=O)N[C@@H]2CCCOC2)C(C)C)C(C)C)ccc1OC. The third kappa shape index (κ3) is 10.7. The van der Waals surface area contributed by atoms with Crippen LogP contribution in [0.4, 0.5) is 0 Å². The molecule has 38 heavy (non-hydrogen) atoms. The van der Waals surface area contributed by atoms with E-state index in [4.69, 9.17) is 24.7 Å². The number of methoxy groups -OCH3 is 2. The molecule has 0 spiro atoms. The van der Waals surface area contributed by atoms with Gasteiger partial charge < -0.3 is 35.1 Å². The Morgan fingerprint density at radius 3 is 2.50 bits per heavy atom. The van der Waals surface area contributed by atoms with E-state index in [1.54, 1.807) is 14.2 Å². The number of carbonyl (C=O) groups excluding carboxylic acids is 1. The van der Waals surface area contributed by atoms with Crippen LogP contribution in [0.25, 0.3) is 0 Å². The number of nitrogens with one attached hydrogen (secondary N) is 1. The molecule has 2 rings (SSSR count). The monoisotopic (exact) mass is 536 g/mol. The molecule has 8 nitrogen and oxygen atoms in total. The Morgan fingerprint density at radius 1 is 1.13 bits per heavy atom. The summed E-state index contributed by atoms with van der Waals surface area (Å²) in [5, 5.41) is 14.2. The highest BCUT2D eigenvalue weighted by molar-refractivity contribution is 5.79. The van der Waals surface area contributed by atoms with E-state index < -0.39 is 12.1 Å². The lowest BCUT2D eigenvalue weighted by molar-refractivity contribution is -0.129. The van der Waals surface area contributed by atoms with Crippen molar-refractivity contribution in [2.75, 3.05) is 40.6 Å². The van der Waals surface area contributed by atoms with Gasteiger partial charge in [0.1, 0.15) is 0 Å². The standard InChI is InChI=1S/C30H52N2O6/c1-20(2)23(15-22-10-11-28(36-6)29(16-22)38-14-8-12-35-5)17-26(31)27(33)18-25(21(3)4)30(34)32-24-9-7-13-37-19-24/h10-11,16,20-21,23-27,33H,7-9,12-15,17-19,31H2,1-6H3,(H,32,34)/t23-,24+,25-,26-,27-/m0/s1. The number of ether oxygens (including phenoxy) is 4. The van der Waals surface area contributed by atoms with Gasteiger partial charge in [-0.2, -0.15) is 0 Å².